The van der Waals surface area contributed by atoms with E-state index in [9.17, 15) is 18.8 Å². The Balaban J connectivity index is 1.21. The second-order valence-electron chi connectivity index (χ2n) is 8.90. The van der Waals surface area contributed by atoms with Gasteiger partial charge in [-0.05, 0) is 62.5 Å². The SMILES string of the molecule is O=C(CN1CCC(C(=O)NCCc2ccccc2F)CC1)Nc1ccccc1N1CCCC1=O. The minimum Gasteiger partial charge on any atom is -0.356 e. The first-order valence-electron chi connectivity index (χ1n) is 11.9. The van der Waals surface area contributed by atoms with E-state index in [4.69, 9.17) is 0 Å². The number of piperidine rings is 1. The number of carbonyl (C=O) groups excluding carboxylic acids is 3. The van der Waals surface area contributed by atoms with Gasteiger partial charge >= 0.3 is 0 Å². The summed E-state index contributed by atoms with van der Waals surface area (Å²) in [6.07, 6.45) is 3.18. The van der Waals surface area contributed by atoms with E-state index in [1.807, 2.05) is 29.2 Å². The molecule has 2 saturated heterocycles. The van der Waals surface area contributed by atoms with E-state index in [0.717, 1.165) is 12.1 Å². The summed E-state index contributed by atoms with van der Waals surface area (Å²) in [6, 6.07) is 14.0. The number of hydrogen-bond donors (Lipinski definition) is 2. The molecule has 0 aliphatic carbocycles. The van der Waals surface area contributed by atoms with Crippen molar-refractivity contribution in [1.82, 2.24) is 10.2 Å². The topological polar surface area (TPSA) is 81.8 Å². The predicted octanol–water partition coefficient (Wildman–Crippen LogP) is 2.96. The van der Waals surface area contributed by atoms with Crippen LogP contribution in [0.5, 0.6) is 0 Å². The largest absolute Gasteiger partial charge is 0.356 e. The van der Waals surface area contributed by atoms with Crippen molar-refractivity contribution in [3.05, 3.63) is 59.9 Å². The van der Waals surface area contributed by atoms with Crippen molar-refractivity contribution in [2.24, 2.45) is 5.92 Å². The highest BCUT2D eigenvalue weighted by atomic mass is 19.1. The van der Waals surface area contributed by atoms with Crippen molar-refractivity contribution in [3.63, 3.8) is 0 Å². The molecule has 2 aliphatic rings. The van der Waals surface area contributed by atoms with E-state index >= 15 is 0 Å². The molecule has 34 heavy (non-hydrogen) atoms. The number of amides is 3. The van der Waals surface area contributed by atoms with Gasteiger partial charge in [0.1, 0.15) is 5.82 Å². The number of anilines is 2. The predicted molar refractivity (Wildman–Crippen MR) is 129 cm³/mol. The van der Waals surface area contributed by atoms with Gasteiger partial charge in [-0.2, -0.15) is 0 Å². The summed E-state index contributed by atoms with van der Waals surface area (Å²) in [5, 5.41) is 5.87. The molecule has 7 nitrogen and oxygen atoms in total. The van der Waals surface area contributed by atoms with Gasteiger partial charge in [0, 0.05) is 25.4 Å². The van der Waals surface area contributed by atoms with E-state index < -0.39 is 0 Å². The lowest BCUT2D eigenvalue weighted by atomic mass is 9.96. The van der Waals surface area contributed by atoms with Crippen molar-refractivity contribution < 1.29 is 18.8 Å². The fourth-order valence-corrected chi connectivity index (χ4v) is 4.63. The first-order valence-corrected chi connectivity index (χ1v) is 11.9. The van der Waals surface area contributed by atoms with Crippen LogP contribution < -0.4 is 15.5 Å². The molecule has 2 fully saturated rings. The van der Waals surface area contributed by atoms with Crippen LogP contribution in [0, 0.1) is 11.7 Å². The number of nitrogens with one attached hydrogen (secondary N) is 2. The van der Waals surface area contributed by atoms with Crippen molar-refractivity contribution >= 4 is 29.1 Å². The van der Waals surface area contributed by atoms with E-state index in [0.29, 0.717) is 63.1 Å². The normalized spacial score (nSPS) is 17.1. The van der Waals surface area contributed by atoms with Gasteiger partial charge < -0.3 is 15.5 Å². The highest BCUT2D eigenvalue weighted by Crippen LogP contribution is 2.29. The second kappa shape index (κ2) is 11.2. The maximum Gasteiger partial charge on any atom is 0.238 e. The molecule has 4 rings (SSSR count). The number of benzene rings is 2. The number of rotatable bonds is 8. The zero-order valence-electron chi connectivity index (χ0n) is 19.3. The molecule has 2 aliphatic heterocycles. The lowest BCUT2D eigenvalue weighted by Gasteiger charge is -2.31. The number of likely N-dealkylation sites (tertiary alicyclic amines) is 1. The molecule has 0 radical (unpaired) electrons. The molecule has 0 bridgehead atoms. The molecule has 2 aromatic rings. The zero-order valence-corrected chi connectivity index (χ0v) is 19.3. The second-order valence-corrected chi connectivity index (χ2v) is 8.90. The molecule has 2 N–H and O–H groups in total. The summed E-state index contributed by atoms with van der Waals surface area (Å²) < 4.78 is 13.7. The van der Waals surface area contributed by atoms with Crippen molar-refractivity contribution in [1.29, 1.82) is 0 Å². The molecule has 0 unspecified atom stereocenters. The third-order valence-electron chi connectivity index (χ3n) is 6.52. The minimum absolute atomic E-state index is 0.00958. The summed E-state index contributed by atoms with van der Waals surface area (Å²) in [4.78, 5) is 41.1. The minimum atomic E-state index is -0.252. The van der Waals surface area contributed by atoms with Gasteiger partial charge in [-0.1, -0.05) is 30.3 Å². The van der Waals surface area contributed by atoms with Crippen LogP contribution in [0.4, 0.5) is 15.8 Å². The number of nitrogens with zero attached hydrogens (tertiary/aromatic N) is 2. The fraction of sp³-hybridized carbons (Fsp3) is 0.423. The summed E-state index contributed by atoms with van der Waals surface area (Å²) in [7, 11) is 0. The molecule has 0 saturated carbocycles. The highest BCUT2D eigenvalue weighted by Gasteiger charge is 2.27. The van der Waals surface area contributed by atoms with Gasteiger partial charge in [-0.3, -0.25) is 19.3 Å². The summed E-state index contributed by atoms with van der Waals surface area (Å²) in [6.45, 7) is 2.63. The van der Waals surface area contributed by atoms with Crippen LogP contribution in [-0.4, -0.2) is 55.3 Å². The van der Waals surface area contributed by atoms with Crippen LogP contribution in [0.15, 0.2) is 48.5 Å². The standard InChI is InChI=1S/C26H31FN4O3/c27-21-7-2-1-6-19(21)11-14-28-26(34)20-12-16-30(17-13-20)18-24(32)29-22-8-3-4-9-23(22)31-15-5-10-25(31)33/h1-4,6-9,20H,5,10-18H2,(H,28,34)(H,29,32). The molecule has 0 aromatic heterocycles. The Morgan fingerprint density at radius 2 is 1.74 bits per heavy atom. The Bertz CT molecular complexity index is 1040. The molecule has 2 heterocycles. The quantitative estimate of drug-likeness (QED) is 0.627. The van der Waals surface area contributed by atoms with Gasteiger partial charge in [0.2, 0.25) is 17.7 Å². The lowest BCUT2D eigenvalue weighted by Crippen LogP contribution is -2.43. The van der Waals surface area contributed by atoms with E-state index in [1.54, 1.807) is 23.1 Å². The maximum atomic E-state index is 13.7. The van der Waals surface area contributed by atoms with Gasteiger partial charge in [0.25, 0.3) is 0 Å². The van der Waals surface area contributed by atoms with Crippen LogP contribution in [0.25, 0.3) is 0 Å². The molecule has 0 spiro atoms. The van der Waals surface area contributed by atoms with Crippen molar-refractivity contribution in [3.8, 4) is 0 Å². The Labute approximate surface area is 199 Å². The van der Waals surface area contributed by atoms with Gasteiger partial charge in [-0.25, -0.2) is 4.39 Å². The van der Waals surface area contributed by atoms with E-state index in [-0.39, 0.29) is 36.0 Å². The number of para-hydroxylation sites is 2. The molecular formula is C26H31FN4O3. The van der Waals surface area contributed by atoms with E-state index in [2.05, 4.69) is 10.6 Å². The molecular weight excluding hydrogens is 435 g/mol. The van der Waals surface area contributed by atoms with E-state index in [1.165, 1.54) is 6.07 Å². The number of halogens is 1. The Hall–Kier alpha value is -3.26. The van der Waals surface area contributed by atoms with Crippen LogP contribution in [-0.2, 0) is 20.8 Å². The monoisotopic (exact) mass is 466 g/mol. The number of carbonyl (C=O) groups is 3. The third kappa shape index (κ3) is 5.99. The smallest absolute Gasteiger partial charge is 0.238 e. The van der Waals surface area contributed by atoms with Gasteiger partial charge in [-0.15, -0.1) is 0 Å². The van der Waals surface area contributed by atoms with Crippen LogP contribution >= 0.6 is 0 Å². The van der Waals surface area contributed by atoms with Gasteiger partial charge in [0.05, 0.1) is 17.9 Å². The number of hydrogen-bond acceptors (Lipinski definition) is 4. The van der Waals surface area contributed by atoms with Crippen LogP contribution in [0.1, 0.15) is 31.2 Å². The summed E-state index contributed by atoms with van der Waals surface area (Å²) >= 11 is 0. The lowest BCUT2D eigenvalue weighted by molar-refractivity contribution is -0.126. The zero-order chi connectivity index (χ0) is 23.9. The summed E-state index contributed by atoms with van der Waals surface area (Å²) in [5.74, 6) is -0.410. The third-order valence-corrected chi connectivity index (χ3v) is 6.52. The molecule has 8 heteroatoms. The summed E-state index contributed by atoms with van der Waals surface area (Å²) in [5.41, 5.74) is 1.98. The van der Waals surface area contributed by atoms with Crippen LogP contribution in [0.3, 0.4) is 0 Å². The van der Waals surface area contributed by atoms with Crippen LogP contribution in [0.2, 0.25) is 0 Å². The van der Waals surface area contributed by atoms with Crippen molar-refractivity contribution in [2.75, 3.05) is 42.9 Å². The fourth-order valence-electron chi connectivity index (χ4n) is 4.63. The Kier molecular flexibility index (Phi) is 7.90. The molecule has 3 amide bonds. The average molecular weight is 467 g/mol. The Morgan fingerprint density at radius 3 is 2.47 bits per heavy atom. The first kappa shape index (κ1) is 23.9. The maximum absolute atomic E-state index is 13.7. The molecule has 2 aromatic carbocycles. The molecule has 180 valence electrons. The van der Waals surface area contributed by atoms with Crippen molar-refractivity contribution in [2.45, 2.75) is 32.1 Å². The highest BCUT2D eigenvalue weighted by molar-refractivity contribution is 6.02. The van der Waals surface area contributed by atoms with Gasteiger partial charge in [0.15, 0.2) is 0 Å². The Morgan fingerprint density at radius 1 is 1.00 bits per heavy atom. The molecule has 0 atom stereocenters. The average Bonchev–Trinajstić information content (AvgIpc) is 3.26. The first-order chi connectivity index (χ1) is 16.5.